The van der Waals surface area contributed by atoms with E-state index >= 15 is 0 Å². The fourth-order valence-corrected chi connectivity index (χ4v) is 2.14. The molecule has 0 N–H and O–H groups in total. The third-order valence-corrected chi connectivity index (χ3v) is 3.38. The Kier molecular flexibility index (Phi) is 5.36. The first kappa shape index (κ1) is 17.3. The van der Waals surface area contributed by atoms with Gasteiger partial charge < -0.3 is 14.2 Å². The van der Waals surface area contributed by atoms with Crippen LogP contribution >= 0.6 is 0 Å². The van der Waals surface area contributed by atoms with Crippen molar-refractivity contribution in [1.82, 2.24) is 0 Å². The minimum Gasteiger partial charge on any atom is -0.497 e. The summed E-state index contributed by atoms with van der Waals surface area (Å²) in [6, 6.07) is 9.33. The molecule has 2 rings (SSSR count). The first-order valence-corrected chi connectivity index (χ1v) is 7.09. The van der Waals surface area contributed by atoms with Crippen LogP contribution in [0.1, 0.15) is 15.9 Å². The second-order valence-corrected chi connectivity index (χ2v) is 5.01. The Labute approximate surface area is 138 Å². The highest BCUT2D eigenvalue weighted by Crippen LogP contribution is 2.29. The zero-order valence-corrected chi connectivity index (χ0v) is 13.6. The fraction of sp³-hybridized carbons (Fsp3) is 0.235. The quantitative estimate of drug-likeness (QED) is 0.440. The lowest BCUT2D eigenvalue weighted by Gasteiger charge is -2.11. The minimum absolute atomic E-state index is 0.0476. The Balaban J connectivity index is 2.18. The number of aryl methyl sites for hydroxylation is 1. The highest BCUT2D eigenvalue weighted by Gasteiger charge is 2.18. The maximum Gasteiger partial charge on any atom is 0.311 e. The van der Waals surface area contributed by atoms with Crippen LogP contribution in [0.4, 0.5) is 5.69 Å². The highest BCUT2D eigenvalue weighted by atomic mass is 16.6. The summed E-state index contributed by atoms with van der Waals surface area (Å²) in [6.07, 6.45) is 0. The van der Waals surface area contributed by atoms with E-state index in [1.54, 1.807) is 31.2 Å². The maximum atomic E-state index is 12.3. The van der Waals surface area contributed by atoms with E-state index < -0.39 is 4.92 Å². The van der Waals surface area contributed by atoms with Gasteiger partial charge in [-0.1, -0.05) is 6.07 Å². The molecule has 0 spiro atoms. The lowest BCUT2D eigenvalue weighted by molar-refractivity contribution is -0.385. The van der Waals surface area contributed by atoms with Crippen LogP contribution in [0, 0.1) is 17.0 Å². The van der Waals surface area contributed by atoms with Crippen molar-refractivity contribution >= 4 is 11.5 Å². The van der Waals surface area contributed by atoms with Crippen molar-refractivity contribution in [2.45, 2.75) is 6.92 Å². The fourth-order valence-electron chi connectivity index (χ4n) is 2.14. The number of nitro benzene ring substituents is 1. The van der Waals surface area contributed by atoms with Gasteiger partial charge in [-0.15, -0.1) is 0 Å². The van der Waals surface area contributed by atoms with Crippen LogP contribution in [0.5, 0.6) is 17.2 Å². The molecule has 0 amide bonds. The molecule has 0 fully saturated rings. The summed E-state index contributed by atoms with van der Waals surface area (Å²) >= 11 is 0. The number of Topliss-reactive ketones (excluding diaryl/α,β-unsaturated/α-hetero) is 1. The third-order valence-electron chi connectivity index (χ3n) is 3.38. The van der Waals surface area contributed by atoms with Gasteiger partial charge in [0.15, 0.2) is 12.4 Å². The minimum atomic E-state index is -0.541. The predicted octanol–water partition coefficient (Wildman–Crippen LogP) is 3.18. The van der Waals surface area contributed by atoms with E-state index in [4.69, 9.17) is 14.2 Å². The Hall–Kier alpha value is -3.09. The summed E-state index contributed by atoms with van der Waals surface area (Å²) in [5.41, 5.74) is 0.870. The number of nitrogens with zero attached hydrogens (tertiary/aromatic N) is 1. The Morgan fingerprint density at radius 2 is 1.83 bits per heavy atom. The van der Waals surface area contributed by atoms with E-state index in [2.05, 4.69) is 0 Å². The second kappa shape index (κ2) is 7.45. The number of nitro groups is 1. The standard InChI is InChI=1S/C17H17NO6/c1-11-4-7-16(14(8-11)18(20)21)24-10-15(19)13-6-5-12(22-2)9-17(13)23-3/h4-9H,10H2,1-3H3. The van der Waals surface area contributed by atoms with Gasteiger partial charge in [-0.3, -0.25) is 14.9 Å². The number of methoxy groups -OCH3 is 2. The van der Waals surface area contributed by atoms with Gasteiger partial charge in [-0.2, -0.15) is 0 Å². The molecule has 0 aromatic heterocycles. The van der Waals surface area contributed by atoms with Crippen LogP contribution in [-0.2, 0) is 0 Å². The molecule has 0 saturated heterocycles. The van der Waals surface area contributed by atoms with Crippen molar-refractivity contribution in [3.63, 3.8) is 0 Å². The van der Waals surface area contributed by atoms with Crippen LogP contribution in [0.15, 0.2) is 36.4 Å². The summed E-state index contributed by atoms with van der Waals surface area (Å²) < 4.78 is 15.6. The van der Waals surface area contributed by atoms with Crippen LogP contribution in [-0.4, -0.2) is 31.5 Å². The van der Waals surface area contributed by atoms with Gasteiger partial charge in [0.05, 0.1) is 24.7 Å². The third kappa shape index (κ3) is 3.81. The zero-order chi connectivity index (χ0) is 17.7. The summed E-state index contributed by atoms with van der Waals surface area (Å²) in [7, 11) is 2.95. The van der Waals surface area contributed by atoms with Gasteiger partial charge in [0, 0.05) is 12.1 Å². The van der Waals surface area contributed by atoms with Crippen molar-refractivity contribution in [3.8, 4) is 17.2 Å². The first-order chi connectivity index (χ1) is 11.5. The Bertz CT molecular complexity index is 772. The molecule has 0 bridgehead atoms. The molecule has 0 unspecified atom stereocenters. The number of hydrogen-bond acceptors (Lipinski definition) is 6. The van der Waals surface area contributed by atoms with Crippen LogP contribution < -0.4 is 14.2 Å². The predicted molar refractivity (Wildman–Crippen MR) is 87.2 cm³/mol. The number of hydrogen-bond donors (Lipinski definition) is 0. The largest absolute Gasteiger partial charge is 0.497 e. The van der Waals surface area contributed by atoms with Gasteiger partial charge >= 0.3 is 5.69 Å². The van der Waals surface area contributed by atoms with Gasteiger partial charge in [0.1, 0.15) is 11.5 Å². The smallest absolute Gasteiger partial charge is 0.311 e. The van der Waals surface area contributed by atoms with E-state index in [1.807, 2.05) is 0 Å². The van der Waals surface area contributed by atoms with Crippen molar-refractivity contribution in [3.05, 3.63) is 57.6 Å². The summed E-state index contributed by atoms with van der Waals surface area (Å²) in [6.45, 7) is 1.40. The average Bonchev–Trinajstić information content (AvgIpc) is 2.59. The van der Waals surface area contributed by atoms with E-state index in [1.165, 1.54) is 26.4 Å². The topological polar surface area (TPSA) is 87.9 Å². The van der Waals surface area contributed by atoms with Gasteiger partial charge in [0.25, 0.3) is 0 Å². The van der Waals surface area contributed by atoms with Crippen molar-refractivity contribution < 1.29 is 23.9 Å². The Morgan fingerprint density at radius 1 is 1.08 bits per heavy atom. The molecule has 7 nitrogen and oxygen atoms in total. The number of carbonyl (C=O) groups excluding carboxylic acids is 1. The summed E-state index contributed by atoms with van der Waals surface area (Å²) in [5.74, 6) is 0.593. The average molecular weight is 331 g/mol. The van der Waals surface area contributed by atoms with E-state index in [-0.39, 0.29) is 23.8 Å². The molecule has 2 aromatic rings. The van der Waals surface area contributed by atoms with Gasteiger partial charge in [-0.05, 0) is 30.7 Å². The second-order valence-electron chi connectivity index (χ2n) is 5.01. The van der Waals surface area contributed by atoms with Crippen LogP contribution in [0.3, 0.4) is 0 Å². The van der Waals surface area contributed by atoms with E-state index in [0.29, 0.717) is 17.1 Å². The normalized spacial score (nSPS) is 10.1. The van der Waals surface area contributed by atoms with Crippen molar-refractivity contribution in [2.75, 3.05) is 20.8 Å². The van der Waals surface area contributed by atoms with Crippen LogP contribution in [0.2, 0.25) is 0 Å². The summed E-state index contributed by atoms with van der Waals surface area (Å²) in [5, 5.41) is 11.1. The number of benzene rings is 2. The van der Waals surface area contributed by atoms with Gasteiger partial charge in [-0.25, -0.2) is 0 Å². The SMILES string of the molecule is COc1ccc(C(=O)COc2ccc(C)cc2[N+](=O)[O-])c(OC)c1. The number of ketones is 1. The molecule has 0 atom stereocenters. The molecular formula is C17H17NO6. The summed E-state index contributed by atoms with van der Waals surface area (Å²) in [4.78, 5) is 22.9. The van der Waals surface area contributed by atoms with E-state index in [0.717, 1.165) is 5.56 Å². The monoisotopic (exact) mass is 331 g/mol. The molecular weight excluding hydrogens is 314 g/mol. The molecule has 0 radical (unpaired) electrons. The van der Waals surface area contributed by atoms with E-state index in [9.17, 15) is 14.9 Å². The van der Waals surface area contributed by atoms with Crippen molar-refractivity contribution in [1.29, 1.82) is 0 Å². The lowest BCUT2D eigenvalue weighted by atomic mass is 10.1. The maximum absolute atomic E-state index is 12.3. The zero-order valence-electron chi connectivity index (χ0n) is 13.6. The molecule has 126 valence electrons. The molecule has 24 heavy (non-hydrogen) atoms. The number of rotatable bonds is 7. The molecule has 0 heterocycles. The molecule has 0 aliphatic carbocycles. The van der Waals surface area contributed by atoms with Crippen molar-refractivity contribution in [2.24, 2.45) is 0 Å². The molecule has 0 saturated carbocycles. The highest BCUT2D eigenvalue weighted by molar-refractivity contribution is 6.00. The number of ether oxygens (including phenoxy) is 3. The van der Waals surface area contributed by atoms with Gasteiger partial charge in [0.2, 0.25) is 5.78 Å². The molecule has 0 aliphatic rings. The van der Waals surface area contributed by atoms with Crippen LogP contribution in [0.25, 0.3) is 0 Å². The molecule has 2 aromatic carbocycles. The molecule has 0 aliphatic heterocycles. The molecule has 7 heteroatoms. The number of carbonyl (C=O) groups is 1. The first-order valence-electron chi connectivity index (χ1n) is 7.09. The Morgan fingerprint density at radius 3 is 2.46 bits per heavy atom. The lowest BCUT2D eigenvalue weighted by Crippen LogP contribution is -2.13.